The Hall–Kier alpha value is -13.0. The van der Waals surface area contributed by atoms with Crippen LogP contribution < -0.4 is 62.8 Å². The number of rotatable bonds is 23. The van der Waals surface area contributed by atoms with Gasteiger partial charge in [-0.25, -0.2) is 9.37 Å². The summed E-state index contributed by atoms with van der Waals surface area (Å²) in [5.41, 5.74) is 17.4. The van der Waals surface area contributed by atoms with Gasteiger partial charge >= 0.3 is 0 Å². The molecule has 3 saturated heterocycles. The van der Waals surface area contributed by atoms with Crippen molar-refractivity contribution in [3.8, 4) is 68.7 Å². The van der Waals surface area contributed by atoms with Crippen molar-refractivity contribution >= 4 is 72.2 Å². The van der Waals surface area contributed by atoms with Gasteiger partial charge in [0.15, 0.2) is 23.3 Å². The van der Waals surface area contributed by atoms with Crippen LogP contribution in [-0.2, 0) is 11.3 Å². The lowest BCUT2D eigenvalue weighted by atomic mass is 9.91. The number of aryl methyl sites for hydroxylation is 12. The summed E-state index contributed by atoms with van der Waals surface area (Å²) in [6.07, 6.45) is 3.41. The van der Waals surface area contributed by atoms with Crippen LogP contribution in [0.1, 0.15) is 136 Å². The van der Waals surface area contributed by atoms with E-state index in [1.165, 1.54) is 29.3 Å². The summed E-state index contributed by atoms with van der Waals surface area (Å²) >= 11 is 0. The normalized spacial score (nSPS) is 15.7. The van der Waals surface area contributed by atoms with Crippen LogP contribution in [0.25, 0.3) is 65.8 Å². The van der Waals surface area contributed by atoms with Gasteiger partial charge in [-0.05, 0) is 221 Å². The van der Waals surface area contributed by atoms with E-state index in [0.29, 0.717) is 50.6 Å². The van der Waals surface area contributed by atoms with Gasteiger partial charge in [-0.1, -0.05) is 32.0 Å². The summed E-state index contributed by atoms with van der Waals surface area (Å²) in [4.78, 5) is 13.9. The zero-order valence-electron chi connectivity index (χ0n) is 79.4. The molecule has 0 amide bonds. The number of ether oxygens (including phenoxy) is 9. The fourth-order valence-electron chi connectivity index (χ4n) is 19.4. The molecule has 17 rings (SSSR count). The molecule has 4 atom stereocenters. The molecule has 3 aliphatic rings. The monoisotopic (exact) mass is 1750 g/mol. The molecule has 5 aromatic carbocycles. The van der Waals surface area contributed by atoms with Crippen molar-refractivity contribution in [2.75, 3.05) is 132 Å². The van der Waals surface area contributed by atoms with E-state index in [1.807, 2.05) is 128 Å². The molecule has 129 heavy (non-hydrogen) atoms. The molecule has 28 heteroatoms. The van der Waals surface area contributed by atoms with Gasteiger partial charge in [0.25, 0.3) is 0 Å². The standard InChI is InChI=1S/C27H32N6O2.C25H27FN4O2.C25H34N4O2.C24H32N4O3/c1-6-35-21-10-11-22(23(17-21)34-5)33-19(3)25-18(2)29-30-27(26(25)20(33)4)32-15-13-31(14-16-32)24-9-7-8-12-28-24;1-6-32-20-11-12-21(22(13-20)31-5)30-16(3)23-15(2)28-29-25(24(23)17(30)4)27-14-18-7-9-19(26)10-8-18;1-8-31-20-9-10-21(22(12-20)30-7)29-18(5)23-17(4)26-27-25(24(23)19(29)6)28-13-15(2)11-16(3)14-28;1-8-30-19-9-10-20(21(11-19)29-7)28-17(5)22-16(4)25-26-24(23(22)18(28)6)27-12-14(2)31-15(3)13-27/h7-12,17H,6,13-16H2,1-5H3;7-13H,6,14H2,1-5H3,(H,27,29);9-10,12,15-16H,8,11,13-14H2,1-7H3;9-11,14-15H,8,12-13H2,1-7H3/t;;;14-,15+. The third-order valence-corrected chi connectivity index (χ3v) is 24.7. The molecular formula is C101H125FN18O9. The molecule has 3 fully saturated rings. The largest absolute Gasteiger partial charge is 0.494 e. The number of hydrogen-bond acceptors (Lipinski definition) is 23. The van der Waals surface area contributed by atoms with E-state index < -0.39 is 0 Å². The summed E-state index contributed by atoms with van der Waals surface area (Å²) in [5, 5.41) is 48.9. The second-order valence-corrected chi connectivity index (χ2v) is 33.7. The van der Waals surface area contributed by atoms with Gasteiger partial charge in [0, 0.05) is 178 Å². The molecule has 0 radical (unpaired) electrons. The van der Waals surface area contributed by atoms with Gasteiger partial charge in [-0.2, -0.15) is 20.4 Å². The van der Waals surface area contributed by atoms with E-state index >= 15 is 0 Å². The summed E-state index contributed by atoms with van der Waals surface area (Å²) in [6.45, 7) is 52.0. The SMILES string of the molecule is CCOc1ccc(-n2c(C)c3c(C)nnc(N4CC(C)CC(C)C4)c3c2C)c(OC)c1.CCOc1ccc(-n2c(C)c3c(C)nnc(N4CCN(c5ccccn5)CC4)c3c2C)c(OC)c1.CCOc1ccc(-n2c(C)c3c(C)nnc(N4C[C@@H](C)O[C@@H](C)C4)c3c2C)c(OC)c1.CCOc1ccc(-n2c(C)c3c(C)nnc(NCc4ccc(F)cc4)c3c2C)c(OC)c1. The number of anilines is 5. The maximum absolute atomic E-state index is 13.2. The van der Waals surface area contributed by atoms with Crippen LogP contribution in [0, 0.1) is 101 Å². The van der Waals surface area contributed by atoms with Crippen LogP contribution in [0.15, 0.2) is 121 Å². The van der Waals surface area contributed by atoms with Crippen LogP contribution in [0.4, 0.5) is 33.5 Å². The minimum atomic E-state index is -0.251. The molecule has 1 N–H and O–H groups in total. The molecule has 2 unspecified atom stereocenters. The fourth-order valence-corrected chi connectivity index (χ4v) is 19.4. The van der Waals surface area contributed by atoms with Crippen molar-refractivity contribution in [1.29, 1.82) is 0 Å². The molecule has 0 aliphatic carbocycles. The number of piperidine rings is 1. The van der Waals surface area contributed by atoms with E-state index in [0.717, 1.165) is 251 Å². The quantitative estimate of drug-likeness (QED) is 0.0625. The molecular weight excluding hydrogens is 1630 g/mol. The number of benzene rings is 5. The van der Waals surface area contributed by atoms with Crippen LogP contribution in [-0.4, -0.2) is 183 Å². The Morgan fingerprint density at radius 3 is 1.04 bits per heavy atom. The Labute approximate surface area is 756 Å². The van der Waals surface area contributed by atoms with E-state index in [1.54, 1.807) is 40.6 Å². The second-order valence-electron chi connectivity index (χ2n) is 33.7. The van der Waals surface area contributed by atoms with Crippen molar-refractivity contribution in [2.24, 2.45) is 11.8 Å². The van der Waals surface area contributed by atoms with Gasteiger partial charge in [0.05, 0.1) is 113 Å². The Kier molecular flexibility index (Phi) is 28.7. The third kappa shape index (κ3) is 18.7. The molecule has 0 spiro atoms. The number of methoxy groups -OCH3 is 4. The van der Waals surface area contributed by atoms with E-state index in [9.17, 15) is 4.39 Å². The Morgan fingerprint density at radius 2 is 0.690 bits per heavy atom. The average molecular weight is 1750 g/mol. The van der Waals surface area contributed by atoms with Crippen molar-refractivity contribution in [1.82, 2.24) is 64.0 Å². The van der Waals surface area contributed by atoms with Crippen LogP contribution in [0.2, 0.25) is 0 Å². The maximum atomic E-state index is 13.2. The highest BCUT2D eigenvalue weighted by Gasteiger charge is 2.33. The number of fused-ring (bicyclic) bond motifs is 4. The summed E-state index contributed by atoms with van der Waals surface area (Å²) in [5.74, 6) is 11.9. The molecule has 14 aromatic rings. The topological polar surface area (TPSA) is 244 Å². The zero-order chi connectivity index (χ0) is 91.9. The number of nitrogens with one attached hydrogen (secondary N) is 1. The highest BCUT2D eigenvalue weighted by atomic mass is 19.1. The average Bonchev–Trinajstić information content (AvgIpc) is 1.62. The summed E-state index contributed by atoms with van der Waals surface area (Å²) in [7, 11) is 6.76. The van der Waals surface area contributed by atoms with E-state index in [-0.39, 0.29) is 18.0 Å². The first kappa shape index (κ1) is 92.2. The number of nitrogens with zero attached hydrogens (tertiary/aromatic N) is 17. The highest BCUT2D eigenvalue weighted by Crippen LogP contribution is 2.45. The maximum Gasteiger partial charge on any atom is 0.161 e. The van der Waals surface area contributed by atoms with Crippen LogP contribution in [0.5, 0.6) is 46.0 Å². The summed E-state index contributed by atoms with van der Waals surface area (Å²) in [6, 6.07) is 36.4. The number of halogens is 1. The van der Waals surface area contributed by atoms with Gasteiger partial charge in [0.2, 0.25) is 0 Å². The summed E-state index contributed by atoms with van der Waals surface area (Å²) < 4.78 is 73.7. The number of pyridine rings is 1. The lowest BCUT2D eigenvalue weighted by Crippen LogP contribution is -2.47. The Balaban J connectivity index is 0.000000139. The number of hydrogen-bond donors (Lipinski definition) is 1. The van der Waals surface area contributed by atoms with E-state index in [2.05, 4.69) is 186 Å². The number of aromatic nitrogens is 13. The van der Waals surface area contributed by atoms with Gasteiger partial charge in [-0.15, -0.1) is 20.4 Å². The van der Waals surface area contributed by atoms with Crippen molar-refractivity contribution in [2.45, 2.75) is 164 Å². The molecule has 0 saturated carbocycles. The van der Waals surface area contributed by atoms with Crippen molar-refractivity contribution < 1.29 is 47.0 Å². The third-order valence-electron chi connectivity index (χ3n) is 24.7. The molecule has 3 aliphatic heterocycles. The van der Waals surface area contributed by atoms with Gasteiger partial charge in [-0.3, -0.25) is 0 Å². The van der Waals surface area contributed by atoms with Gasteiger partial charge in [0.1, 0.15) is 57.6 Å². The lowest BCUT2D eigenvalue weighted by molar-refractivity contribution is -0.00541. The van der Waals surface area contributed by atoms with Crippen molar-refractivity contribution in [3.05, 3.63) is 201 Å². The molecule has 9 aromatic heterocycles. The van der Waals surface area contributed by atoms with Crippen LogP contribution in [0.3, 0.4) is 0 Å². The molecule has 27 nitrogen and oxygen atoms in total. The molecule has 0 bridgehead atoms. The lowest BCUT2D eigenvalue weighted by Gasteiger charge is -2.36. The predicted octanol–water partition coefficient (Wildman–Crippen LogP) is 19.6. The highest BCUT2D eigenvalue weighted by molar-refractivity contribution is 6.02. The van der Waals surface area contributed by atoms with Crippen LogP contribution >= 0.6 is 0 Å². The smallest absolute Gasteiger partial charge is 0.161 e. The first-order valence-electron chi connectivity index (χ1n) is 44.9. The Morgan fingerprint density at radius 1 is 0.364 bits per heavy atom. The first-order valence-corrected chi connectivity index (χ1v) is 44.9. The minimum Gasteiger partial charge on any atom is -0.494 e. The number of piperazine rings is 1. The molecule has 12 heterocycles. The first-order chi connectivity index (χ1) is 62.2. The van der Waals surface area contributed by atoms with E-state index in [4.69, 9.17) is 52.8 Å². The zero-order valence-corrected chi connectivity index (χ0v) is 79.4. The Bertz CT molecular complexity index is 6140. The molecule has 680 valence electrons. The minimum absolute atomic E-state index is 0.150. The van der Waals surface area contributed by atoms with Crippen molar-refractivity contribution in [3.63, 3.8) is 0 Å². The second kappa shape index (κ2) is 40.1. The predicted molar refractivity (Wildman–Crippen MR) is 513 cm³/mol. The number of morpholine rings is 1. The fraction of sp³-hybridized carbons (Fsp3) is 0.416. The van der Waals surface area contributed by atoms with Gasteiger partial charge < -0.3 is 85.8 Å².